The summed E-state index contributed by atoms with van der Waals surface area (Å²) in [5.74, 6) is -2.38. The maximum Gasteiger partial charge on any atom is 0.217 e. The first kappa shape index (κ1) is 61.5. The Labute approximate surface area is 426 Å². The predicted molar refractivity (Wildman–Crippen MR) is 233 cm³/mol. The summed E-state index contributed by atoms with van der Waals surface area (Å²) in [6.07, 6.45) is -49.9. The number of nitrogens with one attached hydrogen (secondary N) is 3. The molecule has 19 N–H and O–H groups in total. The van der Waals surface area contributed by atoms with Crippen LogP contribution in [0.2, 0.25) is 0 Å². The Morgan fingerprint density at radius 2 is 0.787 bits per heavy atom. The molecule has 33 nitrogen and oxygen atoms in total. The average Bonchev–Trinajstić information content (AvgIpc) is 3.36. The van der Waals surface area contributed by atoms with E-state index in [1.54, 1.807) is 0 Å². The van der Waals surface area contributed by atoms with Crippen molar-refractivity contribution >= 4 is 17.7 Å². The van der Waals surface area contributed by atoms with E-state index >= 15 is 0 Å². The molecule has 0 unspecified atom stereocenters. The van der Waals surface area contributed by atoms with Crippen LogP contribution in [0.4, 0.5) is 0 Å². The Morgan fingerprint density at radius 1 is 0.373 bits per heavy atom. The second kappa shape index (κ2) is 26.5. The summed E-state index contributed by atoms with van der Waals surface area (Å²) in [4.78, 5) is 37.4. The van der Waals surface area contributed by atoms with E-state index in [9.17, 15) is 96.1 Å². The smallest absolute Gasteiger partial charge is 0.217 e. The monoisotopic (exact) mass is 1100 g/mol. The van der Waals surface area contributed by atoms with Crippen LogP contribution in [0.25, 0.3) is 0 Å². The Morgan fingerprint density at radius 3 is 1.35 bits per heavy atom. The fraction of sp³-hybridized carbons (Fsp3) is 0.929. The molecule has 6 fully saturated rings. The summed E-state index contributed by atoms with van der Waals surface area (Å²) >= 11 is 0. The van der Waals surface area contributed by atoms with Crippen LogP contribution >= 0.6 is 0 Å². The number of carbonyl (C=O) groups excluding carboxylic acids is 3. The van der Waals surface area contributed by atoms with Crippen molar-refractivity contribution < 1.29 is 148 Å². The van der Waals surface area contributed by atoms with E-state index in [1.807, 2.05) is 0 Å². The zero-order valence-electron chi connectivity index (χ0n) is 40.7. The molecular weight excluding hydrogens is 1030 g/mol. The topological polar surface area (TPSA) is 513 Å². The molecular formula is C42H71N3O30. The number of hydrogen-bond donors (Lipinski definition) is 19. The lowest BCUT2D eigenvalue weighted by Crippen LogP contribution is -2.71. The van der Waals surface area contributed by atoms with Gasteiger partial charge in [-0.3, -0.25) is 14.4 Å². The van der Waals surface area contributed by atoms with Crippen LogP contribution in [0.3, 0.4) is 0 Å². The van der Waals surface area contributed by atoms with E-state index in [1.165, 1.54) is 6.92 Å². The highest BCUT2D eigenvalue weighted by Crippen LogP contribution is 2.37. The Kier molecular flexibility index (Phi) is 21.8. The van der Waals surface area contributed by atoms with Gasteiger partial charge in [0.15, 0.2) is 37.7 Å². The van der Waals surface area contributed by atoms with E-state index in [4.69, 9.17) is 52.1 Å². The molecule has 0 spiro atoms. The van der Waals surface area contributed by atoms with Crippen LogP contribution in [0, 0.1) is 0 Å². The van der Waals surface area contributed by atoms with Crippen LogP contribution in [0.1, 0.15) is 27.7 Å². The van der Waals surface area contributed by atoms with E-state index in [0.717, 1.165) is 20.8 Å². The fourth-order valence-corrected chi connectivity index (χ4v) is 9.56. The lowest BCUT2D eigenvalue weighted by Gasteiger charge is -2.51. The average molecular weight is 1100 g/mol. The standard InChI is InChI=1S/C42H71N3O30/c1-10-22(53)28(59)30(61)40(66-10)74-35-21(45-13(4)52)38(65-9-18-26(57)34(20(37(64)67-18)44-12(3)51)73-41-31(62)29(60)24(55)15(6-47)69-41)71-17(8-49)33(35)72-42-32(63)36(25(56)16(7-48)70-42)75-39-19(43-11(2)50)27(58)23(54)14(5-46)68-39/h10,14-42,46-49,53-64H,5-9H2,1-4H3,(H,43,50)(H,44,51)(H,45,52)/t10-,14+,15+,16+,17+,18+,19+,20+,21+,22+,23-,24-,25-,26-,27+,28+,29-,30-,31+,32+,33+,34+,35+,36-,37-,38+,39-,40-,41-,42-/m0/s1. The van der Waals surface area contributed by atoms with Crippen LogP contribution in [0.5, 0.6) is 0 Å². The molecule has 30 atom stereocenters. The van der Waals surface area contributed by atoms with Crippen molar-refractivity contribution in [2.45, 2.75) is 212 Å². The summed E-state index contributed by atoms with van der Waals surface area (Å²) in [5, 5.41) is 179. The minimum Gasteiger partial charge on any atom is -0.394 e. The summed E-state index contributed by atoms with van der Waals surface area (Å²) in [6.45, 7) is -0.282. The first-order valence-corrected chi connectivity index (χ1v) is 23.9. The quantitative estimate of drug-likeness (QED) is 0.0606. The number of carbonyl (C=O) groups is 3. The molecule has 0 radical (unpaired) electrons. The van der Waals surface area contributed by atoms with Gasteiger partial charge in [0.1, 0.15) is 140 Å². The lowest BCUT2D eigenvalue weighted by molar-refractivity contribution is -0.385. The van der Waals surface area contributed by atoms with Crippen molar-refractivity contribution in [3.05, 3.63) is 0 Å². The molecule has 0 aromatic heterocycles. The van der Waals surface area contributed by atoms with Crippen molar-refractivity contribution in [3.63, 3.8) is 0 Å². The normalized spacial score (nSPS) is 48.6. The molecule has 6 saturated heterocycles. The molecule has 0 aliphatic carbocycles. The minimum absolute atomic E-state index is 0.757. The van der Waals surface area contributed by atoms with E-state index in [-0.39, 0.29) is 0 Å². The molecule has 0 saturated carbocycles. The maximum absolute atomic E-state index is 13.0. The third kappa shape index (κ3) is 13.7. The predicted octanol–water partition coefficient (Wildman–Crippen LogP) is -12.6. The van der Waals surface area contributed by atoms with E-state index in [2.05, 4.69) is 16.0 Å². The van der Waals surface area contributed by atoms with Gasteiger partial charge in [0, 0.05) is 20.8 Å². The number of aliphatic hydroxyl groups excluding tert-OH is 16. The SMILES string of the molecule is CC(=O)N[C@@H]1[C@@H](O[C@@H]2O[C@H](CO)[C@H](O)[C@H](O)[C@H]2O)[C@@H](O)[C@@H](CO[C@@H]2O[C@H](CO)[C@@H](O[C@@H]3O[C@H](CO)[C@H](O)[C@H](O[C@@H]4O[C@H](CO)[C@H](O)[C@H](O)[C@H]4NC(C)=O)[C@H]3O)[C@H](O[C@@H]3O[C@@H](C)[C@@H](O)[C@@H](O)[C@@H]3O)[C@H]2NC(C)=O)O[C@@H]1O. The van der Waals surface area contributed by atoms with Gasteiger partial charge in [-0.2, -0.15) is 0 Å². The summed E-state index contributed by atoms with van der Waals surface area (Å²) in [6, 6.07) is -4.98. The molecule has 0 aromatic carbocycles. The fourth-order valence-electron chi connectivity index (χ4n) is 9.56. The number of aliphatic hydroxyl groups is 16. The van der Waals surface area contributed by atoms with Crippen molar-refractivity contribution in [2.75, 3.05) is 33.0 Å². The maximum atomic E-state index is 13.0. The molecule has 434 valence electrons. The third-order valence-electron chi connectivity index (χ3n) is 13.6. The molecule has 6 aliphatic rings. The Hall–Kier alpha value is -2.67. The number of ether oxygens (including phenoxy) is 11. The van der Waals surface area contributed by atoms with E-state index < -0.39 is 235 Å². The first-order chi connectivity index (χ1) is 35.4. The highest BCUT2D eigenvalue weighted by Gasteiger charge is 2.58. The van der Waals surface area contributed by atoms with Gasteiger partial charge in [-0.25, -0.2) is 0 Å². The molecule has 3 amide bonds. The second-order valence-electron chi connectivity index (χ2n) is 19.0. The van der Waals surface area contributed by atoms with Crippen molar-refractivity contribution in [1.29, 1.82) is 0 Å². The van der Waals surface area contributed by atoms with Crippen LogP contribution < -0.4 is 16.0 Å². The molecule has 75 heavy (non-hydrogen) atoms. The number of amides is 3. The van der Waals surface area contributed by atoms with Gasteiger partial charge in [-0.1, -0.05) is 0 Å². The minimum atomic E-state index is -2.20. The molecule has 0 aromatic rings. The highest BCUT2D eigenvalue weighted by molar-refractivity contribution is 5.74. The first-order valence-electron chi connectivity index (χ1n) is 23.9. The van der Waals surface area contributed by atoms with E-state index in [0.29, 0.717) is 0 Å². The second-order valence-corrected chi connectivity index (χ2v) is 19.0. The molecule has 6 aliphatic heterocycles. The molecule has 33 heteroatoms. The van der Waals surface area contributed by atoms with Crippen LogP contribution in [-0.2, 0) is 66.5 Å². The zero-order chi connectivity index (χ0) is 55.5. The van der Waals surface area contributed by atoms with Crippen LogP contribution in [0.15, 0.2) is 0 Å². The highest BCUT2D eigenvalue weighted by atomic mass is 16.8. The lowest BCUT2D eigenvalue weighted by atomic mass is 9.93. The Bertz CT molecular complexity index is 1850. The van der Waals surface area contributed by atoms with Crippen LogP contribution in [-0.4, -0.2) is 317 Å². The molecule has 0 bridgehead atoms. The number of rotatable bonds is 18. The molecule has 6 rings (SSSR count). The van der Waals surface area contributed by atoms with Crippen molar-refractivity contribution in [3.8, 4) is 0 Å². The summed E-state index contributed by atoms with van der Waals surface area (Å²) in [5.41, 5.74) is 0. The zero-order valence-corrected chi connectivity index (χ0v) is 40.7. The Balaban J connectivity index is 1.31. The van der Waals surface area contributed by atoms with Crippen molar-refractivity contribution in [1.82, 2.24) is 16.0 Å². The largest absolute Gasteiger partial charge is 0.394 e. The number of hydrogen-bond acceptors (Lipinski definition) is 30. The van der Waals surface area contributed by atoms with Gasteiger partial charge in [0.25, 0.3) is 0 Å². The summed E-state index contributed by atoms with van der Waals surface area (Å²) in [7, 11) is 0. The van der Waals surface area contributed by atoms with Gasteiger partial charge < -0.3 is 150 Å². The van der Waals surface area contributed by atoms with Gasteiger partial charge in [-0.05, 0) is 6.92 Å². The molecule has 6 heterocycles. The van der Waals surface area contributed by atoms with Gasteiger partial charge in [0.05, 0.1) is 39.1 Å². The van der Waals surface area contributed by atoms with Crippen molar-refractivity contribution in [2.24, 2.45) is 0 Å². The van der Waals surface area contributed by atoms with Gasteiger partial charge in [-0.15, -0.1) is 0 Å². The van der Waals surface area contributed by atoms with Gasteiger partial charge >= 0.3 is 0 Å². The van der Waals surface area contributed by atoms with Gasteiger partial charge in [0.2, 0.25) is 17.7 Å². The third-order valence-corrected chi connectivity index (χ3v) is 13.6. The summed E-state index contributed by atoms with van der Waals surface area (Å²) < 4.78 is 64.3.